The molecule has 0 saturated carbocycles. The van der Waals surface area contributed by atoms with E-state index in [1.165, 1.54) is 5.56 Å². The van der Waals surface area contributed by atoms with Crippen molar-refractivity contribution in [2.45, 2.75) is 59.7 Å². The van der Waals surface area contributed by atoms with Gasteiger partial charge < -0.3 is 11.5 Å². The maximum atomic E-state index is 15.2. The van der Waals surface area contributed by atoms with Crippen molar-refractivity contribution in [3.8, 4) is 11.1 Å². The molecule has 0 fully saturated rings. The second kappa shape index (κ2) is 14.8. The first-order valence-electron chi connectivity index (χ1n) is 13.1. The molecular formula is C34H42FN3. The Labute approximate surface area is 228 Å². The van der Waals surface area contributed by atoms with Gasteiger partial charge in [0.1, 0.15) is 6.17 Å². The molecule has 3 aromatic carbocycles. The predicted octanol–water partition coefficient (Wildman–Crippen LogP) is 8.51. The summed E-state index contributed by atoms with van der Waals surface area (Å²) in [5.74, 6) is 0.422. The number of aryl methyl sites for hydroxylation is 1. The second-order valence-electron chi connectivity index (χ2n) is 9.46. The molecule has 0 heterocycles. The van der Waals surface area contributed by atoms with Crippen molar-refractivity contribution >= 4 is 11.5 Å². The molecule has 4 heteroatoms. The van der Waals surface area contributed by atoms with Gasteiger partial charge in [0.25, 0.3) is 0 Å². The van der Waals surface area contributed by atoms with Gasteiger partial charge in [-0.1, -0.05) is 111 Å². The zero-order valence-electron chi connectivity index (χ0n) is 23.5. The molecule has 4 N–H and O–H groups in total. The summed E-state index contributed by atoms with van der Waals surface area (Å²) in [4.78, 5) is 4.47. The van der Waals surface area contributed by atoms with Crippen molar-refractivity contribution < 1.29 is 4.39 Å². The fourth-order valence-electron chi connectivity index (χ4n) is 3.92. The Morgan fingerprint density at radius 3 is 2.13 bits per heavy atom. The van der Waals surface area contributed by atoms with Crippen LogP contribution in [-0.2, 0) is 6.42 Å². The molecule has 0 aliphatic carbocycles. The maximum Gasteiger partial charge on any atom is 0.129 e. The smallest absolute Gasteiger partial charge is 0.129 e. The largest absolute Gasteiger partial charge is 0.387 e. The summed E-state index contributed by atoms with van der Waals surface area (Å²) in [6.45, 7) is 17.7. The monoisotopic (exact) mass is 511 g/mol. The Kier molecular flexibility index (Phi) is 11.9. The van der Waals surface area contributed by atoms with E-state index in [4.69, 9.17) is 11.5 Å². The van der Waals surface area contributed by atoms with Crippen molar-refractivity contribution in [1.82, 2.24) is 0 Å². The highest BCUT2D eigenvalue weighted by atomic mass is 19.1. The molecule has 0 bridgehead atoms. The average molecular weight is 512 g/mol. The molecule has 0 aromatic heterocycles. The number of halogens is 1. The van der Waals surface area contributed by atoms with Crippen LogP contribution in [0.5, 0.6) is 0 Å². The van der Waals surface area contributed by atoms with Crippen molar-refractivity contribution in [3.63, 3.8) is 0 Å². The fourth-order valence-corrected chi connectivity index (χ4v) is 3.92. The minimum absolute atomic E-state index is 0.0812. The third-order valence-electron chi connectivity index (χ3n) is 6.04. The summed E-state index contributed by atoms with van der Waals surface area (Å²) >= 11 is 0. The van der Waals surface area contributed by atoms with Crippen LogP contribution in [0.15, 0.2) is 108 Å². The van der Waals surface area contributed by atoms with E-state index >= 15 is 4.39 Å². The number of amidine groups is 1. The molecule has 3 rings (SSSR count). The first kappa shape index (κ1) is 30.5. The normalized spacial score (nSPS) is 13.2. The number of alkyl halides is 1. The predicted molar refractivity (Wildman–Crippen MR) is 164 cm³/mol. The first-order valence-corrected chi connectivity index (χ1v) is 13.1. The number of rotatable bonds is 10. The topological polar surface area (TPSA) is 64.4 Å². The first-order chi connectivity index (χ1) is 18.1. The molecule has 2 unspecified atom stereocenters. The third-order valence-corrected chi connectivity index (χ3v) is 6.04. The molecule has 200 valence electrons. The van der Waals surface area contributed by atoms with E-state index in [0.29, 0.717) is 29.1 Å². The number of hydrogen-bond donors (Lipinski definition) is 2. The number of hydrogen-bond acceptors (Lipinski definition) is 2. The Hall–Kier alpha value is -3.76. The van der Waals surface area contributed by atoms with Crippen LogP contribution in [0.4, 0.5) is 4.39 Å². The van der Waals surface area contributed by atoms with Crippen molar-refractivity contribution in [2.24, 2.45) is 16.5 Å². The molecule has 0 spiro atoms. The number of benzene rings is 3. The minimum Gasteiger partial charge on any atom is -0.387 e. The summed E-state index contributed by atoms with van der Waals surface area (Å²) in [5, 5.41) is 0. The lowest BCUT2D eigenvalue weighted by atomic mass is 9.97. The summed E-state index contributed by atoms with van der Waals surface area (Å²) < 4.78 is 15.2. The summed E-state index contributed by atoms with van der Waals surface area (Å²) in [6.07, 6.45) is 1.51. The average Bonchev–Trinajstić information content (AvgIpc) is 2.89. The van der Waals surface area contributed by atoms with Crippen LogP contribution in [0.25, 0.3) is 16.8 Å². The van der Waals surface area contributed by atoms with Crippen LogP contribution >= 0.6 is 0 Å². The van der Waals surface area contributed by atoms with Crippen LogP contribution < -0.4 is 11.5 Å². The van der Waals surface area contributed by atoms with Crippen molar-refractivity contribution in [3.05, 3.63) is 125 Å². The highest BCUT2D eigenvalue weighted by molar-refractivity contribution is 5.85. The lowest BCUT2D eigenvalue weighted by Crippen LogP contribution is -2.23. The third kappa shape index (κ3) is 9.28. The highest BCUT2D eigenvalue weighted by Gasteiger charge is 2.13. The molecule has 3 nitrogen and oxygen atoms in total. The van der Waals surface area contributed by atoms with Crippen LogP contribution in [-0.4, -0.2) is 11.9 Å². The molecule has 0 radical (unpaired) electrons. The van der Waals surface area contributed by atoms with Gasteiger partial charge in [-0.15, -0.1) is 0 Å². The van der Waals surface area contributed by atoms with Crippen LogP contribution in [0.2, 0.25) is 0 Å². The van der Waals surface area contributed by atoms with Gasteiger partial charge in [-0.3, -0.25) is 0 Å². The van der Waals surface area contributed by atoms with E-state index < -0.39 is 6.17 Å². The second-order valence-corrected chi connectivity index (χ2v) is 9.46. The Bertz CT molecular complexity index is 1260. The van der Waals surface area contributed by atoms with Crippen LogP contribution in [0.3, 0.4) is 0 Å². The number of aliphatic imine (C=N–C) groups is 1. The molecule has 0 aliphatic rings. The van der Waals surface area contributed by atoms with E-state index in [-0.39, 0.29) is 12.5 Å². The van der Waals surface area contributed by atoms with Crippen LogP contribution in [0.1, 0.15) is 62.5 Å². The molecular weight excluding hydrogens is 469 g/mol. The van der Waals surface area contributed by atoms with Gasteiger partial charge in [0.15, 0.2) is 0 Å². The zero-order valence-corrected chi connectivity index (χ0v) is 23.5. The molecule has 0 amide bonds. The van der Waals surface area contributed by atoms with Crippen molar-refractivity contribution in [2.75, 3.05) is 0 Å². The lowest BCUT2D eigenvalue weighted by Gasteiger charge is -2.13. The van der Waals surface area contributed by atoms with Gasteiger partial charge in [-0.25, -0.2) is 9.38 Å². The SMILES string of the molecule is C=C(/C=C(\N=C(C)N)c1ccc(CC(N)C(=C)C)cc1)CC(F)c1ccc(-c2cccc(C)c2)cc1.CC. The van der Waals surface area contributed by atoms with Gasteiger partial charge >= 0.3 is 0 Å². The summed E-state index contributed by atoms with van der Waals surface area (Å²) in [6, 6.07) is 23.8. The minimum atomic E-state index is -1.17. The van der Waals surface area contributed by atoms with Crippen molar-refractivity contribution in [1.29, 1.82) is 0 Å². The van der Waals surface area contributed by atoms with E-state index in [0.717, 1.165) is 27.8 Å². The summed E-state index contributed by atoms with van der Waals surface area (Å²) in [5.41, 5.74) is 20.2. The zero-order chi connectivity index (χ0) is 28.2. The Morgan fingerprint density at radius 2 is 1.58 bits per heavy atom. The number of allylic oxidation sites excluding steroid dienone is 2. The highest BCUT2D eigenvalue weighted by Crippen LogP contribution is 2.29. The van der Waals surface area contributed by atoms with E-state index in [1.54, 1.807) is 13.0 Å². The lowest BCUT2D eigenvalue weighted by molar-refractivity contribution is 0.344. The van der Waals surface area contributed by atoms with E-state index in [2.05, 4.69) is 43.3 Å². The molecule has 2 atom stereocenters. The van der Waals surface area contributed by atoms with Gasteiger partial charge in [-0.05, 0) is 61.1 Å². The molecule has 38 heavy (non-hydrogen) atoms. The van der Waals surface area contributed by atoms with Gasteiger partial charge in [-0.2, -0.15) is 0 Å². The summed E-state index contributed by atoms with van der Waals surface area (Å²) in [7, 11) is 0. The van der Waals surface area contributed by atoms with Gasteiger partial charge in [0.2, 0.25) is 0 Å². The molecule has 0 aliphatic heterocycles. The van der Waals surface area contributed by atoms with E-state index in [1.807, 2.05) is 75.4 Å². The van der Waals surface area contributed by atoms with Gasteiger partial charge in [0, 0.05) is 18.0 Å². The Morgan fingerprint density at radius 1 is 0.947 bits per heavy atom. The molecule has 3 aromatic rings. The van der Waals surface area contributed by atoms with Crippen LogP contribution in [0, 0.1) is 6.92 Å². The number of nitrogens with zero attached hydrogens (tertiary/aromatic N) is 1. The maximum absolute atomic E-state index is 15.2. The van der Waals surface area contributed by atoms with E-state index in [9.17, 15) is 0 Å². The fraction of sp³-hybridized carbons (Fsp3) is 0.265. The Balaban J connectivity index is 0.00000247. The quantitative estimate of drug-likeness (QED) is 0.124. The van der Waals surface area contributed by atoms with Gasteiger partial charge in [0.05, 0.1) is 11.5 Å². The molecule has 0 saturated heterocycles. The number of nitrogens with two attached hydrogens (primary N) is 2. The standard InChI is InChI=1S/C32H36FN3.C2H6/c1-21(2)31(35)20-25-9-11-28(12-10-25)32(36-24(5)34)19-23(4)18-30(33)27-15-13-26(14-16-27)29-8-6-7-22(3)17-29;1-2/h6-17,19,30-31H,1,4,18,20,35H2,2-3,5H3,(H2,34,36);1-2H3/b32-19-;.